The van der Waals surface area contributed by atoms with Gasteiger partial charge in [0.25, 0.3) is 5.91 Å². The lowest BCUT2D eigenvalue weighted by Gasteiger charge is -2.22. The summed E-state index contributed by atoms with van der Waals surface area (Å²) in [6.45, 7) is 1.59. The number of hydrogen-bond donors (Lipinski definition) is 1. The fourth-order valence-corrected chi connectivity index (χ4v) is 4.30. The fourth-order valence-electron chi connectivity index (χ4n) is 3.25. The SMILES string of the molecule is O=C(CSCc1ccc(Br)cc1)Nc1ccccc1C(=O)N1CCCCCC1. The summed E-state index contributed by atoms with van der Waals surface area (Å²) >= 11 is 4.99. The summed E-state index contributed by atoms with van der Waals surface area (Å²) in [5.74, 6) is 1.05. The molecule has 0 saturated carbocycles. The molecule has 6 heteroatoms. The maximum atomic E-state index is 12.9. The Balaban J connectivity index is 1.56. The van der Waals surface area contributed by atoms with Crippen LogP contribution in [0.1, 0.15) is 41.6 Å². The predicted octanol–water partition coefficient (Wildman–Crippen LogP) is 5.34. The topological polar surface area (TPSA) is 49.4 Å². The standard InChI is InChI=1S/C22H25BrN2O2S/c23-18-11-9-17(10-12-18)15-28-16-21(26)24-20-8-4-3-7-19(20)22(27)25-13-5-1-2-6-14-25/h3-4,7-12H,1-2,5-6,13-16H2,(H,24,26). The maximum absolute atomic E-state index is 12.9. The highest BCUT2D eigenvalue weighted by molar-refractivity contribution is 9.10. The van der Waals surface area contributed by atoms with Crippen molar-refractivity contribution in [3.63, 3.8) is 0 Å². The van der Waals surface area contributed by atoms with Crippen molar-refractivity contribution in [2.75, 3.05) is 24.2 Å². The number of carbonyl (C=O) groups is 2. The molecule has 2 amide bonds. The average molecular weight is 461 g/mol. The van der Waals surface area contributed by atoms with Gasteiger partial charge in [-0.1, -0.05) is 53.0 Å². The lowest BCUT2D eigenvalue weighted by Crippen LogP contribution is -2.32. The first-order chi connectivity index (χ1) is 13.6. The molecule has 1 aliphatic rings. The number of amides is 2. The van der Waals surface area contributed by atoms with Gasteiger partial charge < -0.3 is 10.2 Å². The number of para-hydroxylation sites is 1. The van der Waals surface area contributed by atoms with E-state index in [1.54, 1.807) is 17.8 Å². The second-order valence-corrected chi connectivity index (χ2v) is 8.82. The van der Waals surface area contributed by atoms with Gasteiger partial charge in [0.05, 0.1) is 17.0 Å². The molecule has 1 N–H and O–H groups in total. The minimum atomic E-state index is -0.0850. The monoisotopic (exact) mass is 460 g/mol. The minimum Gasteiger partial charge on any atom is -0.339 e. The number of benzene rings is 2. The van der Waals surface area contributed by atoms with Crippen LogP contribution in [0.4, 0.5) is 5.69 Å². The molecular formula is C22H25BrN2O2S. The number of halogens is 1. The highest BCUT2D eigenvalue weighted by Crippen LogP contribution is 2.21. The molecule has 0 atom stereocenters. The molecule has 148 valence electrons. The van der Waals surface area contributed by atoms with Crippen LogP contribution in [0.2, 0.25) is 0 Å². The van der Waals surface area contributed by atoms with Crippen LogP contribution in [0.15, 0.2) is 53.0 Å². The first-order valence-corrected chi connectivity index (χ1v) is 11.6. The third kappa shape index (κ3) is 6.11. The molecule has 2 aromatic carbocycles. The summed E-state index contributed by atoms with van der Waals surface area (Å²) in [5, 5.41) is 2.93. The quantitative estimate of drug-likeness (QED) is 0.632. The van der Waals surface area contributed by atoms with E-state index in [9.17, 15) is 9.59 Å². The lowest BCUT2D eigenvalue weighted by atomic mass is 10.1. The van der Waals surface area contributed by atoms with E-state index in [1.807, 2.05) is 47.4 Å². The van der Waals surface area contributed by atoms with Gasteiger partial charge in [-0.05, 0) is 42.7 Å². The predicted molar refractivity (Wildman–Crippen MR) is 120 cm³/mol. The van der Waals surface area contributed by atoms with Gasteiger partial charge >= 0.3 is 0 Å². The summed E-state index contributed by atoms with van der Waals surface area (Å²) in [7, 11) is 0. The van der Waals surface area contributed by atoms with Crippen LogP contribution in [-0.4, -0.2) is 35.6 Å². The van der Waals surface area contributed by atoms with Crippen LogP contribution >= 0.6 is 27.7 Å². The van der Waals surface area contributed by atoms with Crippen LogP contribution in [0, 0.1) is 0 Å². The second kappa shape index (κ2) is 10.7. The highest BCUT2D eigenvalue weighted by atomic mass is 79.9. The molecule has 1 aliphatic heterocycles. The number of hydrogen-bond acceptors (Lipinski definition) is 3. The van der Waals surface area contributed by atoms with Crippen LogP contribution in [0.3, 0.4) is 0 Å². The number of nitrogens with zero attached hydrogens (tertiary/aromatic N) is 1. The van der Waals surface area contributed by atoms with Crippen molar-refractivity contribution >= 4 is 45.2 Å². The summed E-state index contributed by atoms with van der Waals surface area (Å²) in [6.07, 6.45) is 4.45. The summed E-state index contributed by atoms with van der Waals surface area (Å²) in [5.41, 5.74) is 2.36. The Hall–Kier alpha value is -1.79. The van der Waals surface area contributed by atoms with Gasteiger partial charge in [-0.3, -0.25) is 9.59 Å². The van der Waals surface area contributed by atoms with Gasteiger partial charge in [-0.25, -0.2) is 0 Å². The van der Waals surface area contributed by atoms with Crippen molar-refractivity contribution in [1.82, 2.24) is 4.90 Å². The summed E-state index contributed by atoms with van der Waals surface area (Å²) in [4.78, 5) is 27.3. The molecule has 1 saturated heterocycles. The fraction of sp³-hybridized carbons (Fsp3) is 0.364. The molecule has 4 nitrogen and oxygen atoms in total. The van der Waals surface area contributed by atoms with Gasteiger partial charge in [0, 0.05) is 23.3 Å². The molecule has 3 rings (SSSR count). The minimum absolute atomic E-state index is 0.0142. The van der Waals surface area contributed by atoms with E-state index in [0.29, 0.717) is 17.0 Å². The zero-order valence-electron chi connectivity index (χ0n) is 15.8. The molecule has 1 fully saturated rings. The highest BCUT2D eigenvalue weighted by Gasteiger charge is 2.20. The van der Waals surface area contributed by atoms with Crippen LogP contribution in [0.25, 0.3) is 0 Å². The van der Waals surface area contributed by atoms with E-state index < -0.39 is 0 Å². The number of likely N-dealkylation sites (tertiary alicyclic amines) is 1. The molecule has 0 aliphatic carbocycles. The number of nitrogens with one attached hydrogen (secondary N) is 1. The number of thioether (sulfide) groups is 1. The molecule has 0 bridgehead atoms. The maximum Gasteiger partial charge on any atom is 0.255 e. The molecule has 0 spiro atoms. The number of carbonyl (C=O) groups excluding carboxylic acids is 2. The molecular weight excluding hydrogens is 436 g/mol. The number of rotatable bonds is 6. The Morgan fingerprint density at radius 3 is 2.36 bits per heavy atom. The Bertz CT molecular complexity index is 802. The van der Waals surface area contributed by atoms with Gasteiger partial charge in [-0.2, -0.15) is 0 Å². The molecule has 0 unspecified atom stereocenters. The number of anilines is 1. The van der Waals surface area contributed by atoms with Crippen molar-refractivity contribution in [2.24, 2.45) is 0 Å². The van der Waals surface area contributed by atoms with E-state index in [0.717, 1.165) is 36.2 Å². The Morgan fingerprint density at radius 2 is 1.64 bits per heavy atom. The van der Waals surface area contributed by atoms with E-state index in [-0.39, 0.29) is 11.8 Å². The summed E-state index contributed by atoms with van der Waals surface area (Å²) in [6, 6.07) is 15.4. The Morgan fingerprint density at radius 1 is 0.964 bits per heavy atom. The molecule has 0 radical (unpaired) electrons. The third-order valence-electron chi connectivity index (χ3n) is 4.74. The van der Waals surface area contributed by atoms with E-state index in [1.165, 1.54) is 18.4 Å². The van der Waals surface area contributed by atoms with Crippen molar-refractivity contribution in [3.8, 4) is 0 Å². The largest absolute Gasteiger partial charge is 0.339 e. The normalized spacial score (nSPS) is 14.4. The summed E-state index contributed by atoms with van der Waals surface area (Å²) < 4.78 is 1.05. The molecule has 2 aromatic rings. The molecule has 28 heavy (non-hydrogen) atoms. The van der Waals surface area contributed by atoms with E-state index in [4.69, 9.17) is 0 Å². The smallest absolute Gasteiger partial charge is 0.255 e. The third-order valence-corrected chi connectivity index (χ3v) is 6.27. The van der Waals surface area contributed by atoms with Crippen molar-refractivity contribution in [1.29, 1.82) is 0 Å². The van der Waals surface area contributed by atoms with Gasteiger partial charge in [-0.15, -0.1) is 11.8 Å². The second-order valence-electron chi connectivity index (χ2n) is 6.92. The van der Waals surface area contributed by atoms with Crippen molar-refractivity contribution < 1.29 is 9.59 Å². The van der Waals surface area contributed by atoms with E-state index >= 15 is 0 Å². The van der Waals surface area contributed by atoms with Crippen molar-refractivity contribution in [3.05, 3.63) is 64.1 Å². The first kappa shape index (κ1) is 20.9. The van der Waals surface area contributed by atoms with Gasteiger partial charge in [0.2, 0.25) is 5.91 Å². The average Bonchev–Trinajstić information content (AvgIpc) is 2.99. The van der Waals surface area contributed by atoms with Crippen LogP contribution < -0.4 is 5.32 Å². The first-order valence-electron chi connectivity index (χ1n) is 9.64. The van der Waals surface area contributed by atoms with Gasteiger partial charge in [0.15, 0.2) is 0 Å². The lowest BCUT2D eigenvalue weighted by molar-refractivity contribution is -0.113. The molecule has 0 aromatic heterocycles. The van der Waals surface area contributed by atoms with Crippen molar-refractivity contribution in [2.45, 2.75) is 31.4 Å². The Kier molecular flexibility index (Phi) is 7.98. The van der Waals surface area contributed by atoms with Gasteiger partial charge in [0.1, 0.15) is 0 Å². The molecule has 1 heterocycles. The Labute approximate surface area is 179 Å². The zero-order chi connectivity index (χ0) is 19.8. The zero-order valence-corrected chi connectivity index (χ0v) is 18.2. The van der Waals surface area contributed by atoms with Crippen LogP contribution in [0.5, 0.6) is 0 Å². The van der Waals surface area contributed by atoms with E-state index in [2.05, 4.69) is 21.2 Å². The van der Waals surface area contributed by atoms with Crippen LogP contribution in [-0.2, 0) is 10.5 Å².